The van der Waals surface area contributed by atoms with E-state index in [4.69, 9.17) is 0 Å². The molecule has 2 aromatic carbocycles. The van der Waals surface area contributed by atoms with Crippen LogP contribution in [0.5, 0.6) is 0 Å². The molecule has 1 heterocycles. The summed E-state index contributed by atoms with van der Waals surface area (Å²) < 4.78 is 0.777. The highest BCUT2D eigenvalue weighted by Crippen LogP contribution is 2.27. The van der Waals surface area contributed by atoms with Crippen molar-refractivity contribution in [2.24, 2.45) is 0 Å². The van der Waals surface area contributed by atoms with Crippen LogP contribution in [0.2, 0.25) is 0 Å². The zero-order chi connectivity index (χ0) is 18.9. The molecular weight excluding hydrogens is 396 g/mol. The number of hydrogen-bond donors (Lipinski definition) is 2. The second kappa shape index (κ2) is 10.3. The molecule has 0 aliphatic heterocycles. The standard InChI is InChI=1S/C19H20N4OS3/c1-14-6-5-7-15(12-14)21-18-22-23-19(27-18)26-13-17(24)20-10-11-25-16-8-3-2-4-9-16/h2-9,12H,10-11,13H2,1H3,(H,20,24)(H,21,22). The molecule has 0 aliphatic rings. The zero-order valence-electron chi connectivity index (χ0n) is 14.8. The molecule has 140 valence electrons. The van der Waals surface area contributed by atoms with Gasteiger partial charge in [-0.2, -0.15) is 0 Å². The number of thioether (sulfide) groups is 2. The van der Waals surface area contributed by atoms with Crippen molar-refractivity contribution in [2.75, 3.05) is 23.4 Å². The minimum atomic E-state index is 0.0112. The fraction of sp³-hybridized carbons (Fsp3) is 0.211. The van der Waals surface area contributed by atoms with Crippen LogP contribution in [0.15, 0.2) is 63.8 Å². The van der Waals surface area contributed by atoms with Crippen molar-refractivity contribution in [2.45, 2.75) is 16.2 Å². The van der Waals surface area contributed by atoms with E-state index in [1.165, 1.54) is 33.6 Å². The Labute approximate surface area is 171 Å². The molecular formula is C19H20N4OS3. The quantitative estimate of drug-likeness (QED) is 0.393. The van der Waals surface area contributed by atoms with Gasteiger partial charge in [0.1, 0.15) is 0 Å². The maximum atomic E-state index is 12.0. The van der Waals surface area contributed by atoms with Gasteiger partial charge in [0.05, 0.1) is 5.75 Å². The molecule has 0 saturated heterocycles. The molecule has 0 saturated carbocycles. The molecule has 1 amide bonds. The number of carbonyl (C=O) groups is 1. The van der Waals surface area contributed by atoms with Crippen LogP contribution in [-0.2, 0) is 4.79 Å². The summed E-state index contributed by atoms with van der Waals surface area (Å²) in [5.41, 5.74) is 2.16. The smallest absolute Gasteiger partial charge is 0.230 e. The van der Waals surface area contributed by atoms with E-state index in [9.17, 15) is 4.79 Å². The first kappa shape index (κ1) is 19.7. The van der Waals surface area contributed by atoms with Gasteiger partial charge in [-0.1, -0.05) is 53.4 Å². The van der Waals surface area contributed by atoms with Crippen molar-refractivity contribution < 1.29 is 4.79 Å². The van der Waals surface area contributed by atoms with Crippen LogP contribution in [0.25, 0.3) is 0 Å². The van der Waals surface area contributed by atoms with Gasteiger partial charge in [0, 0.05) is 22.9 Å². The minimum Gasteiger partial charge on any atom is -0.355 e. The molecule has 1 aromatic heterocycles. The number of anilines is 2. The maximum absolute atomic E-state index is 12.0. The average molecular weight is 417 g/mol. The van der Waals surface area contributed by atoms with Crippen LogP contribution in [0, 0.1) is 6.92 Å². The zero-order valence-corrected chi connectivity index (χ0v) is 17.3. The highest BCUT2D eigenvalue weighted by Gasteiger charge is 2.08. The second-order valence-electron chi connectivity index (χ2n) is 5.67. The summed E-state index contributed by atoms with van der Waals surface area (Å²) in [6, 6.07) is 18.2. The Morgan fingerprint density at radius 3 is 2.74 bits per heavy atom. The molecule has 8 heteroatoms. The van der Waals surface area contributed by atoms with Crippen LogP contribution in [0.1, 0.15) is 5.56 Å². The van der Waals surface area contributed by atoms with E-state index >= 15 is 0 Å². The van der Waals surface area contributed by atoms with E-state index in [0.717, 1.165) is 20.9 Å². The van der Waals surface area contributed by atoms with E-state index in [0.29, 0.717) is 12.3 Å². The normalized spacial score (nSPS) is 10.6. The van der Waals surface area contributed by atoms with Gasteiger partial charge in [-0.25, -0.2) is 0 Å². The molecule has 27 heavy (non-hydrogen) atoms. The van der Waals surface area contributed by atoms with E-state index in [1.54, 1.807) is 11.8 Å². The Balaban J connectivity index is 1.36. The van der Waals surface area contributed by atoms with Crippen molar-refractivity contribution in [3.8, 4) is 0 Å². The van der Waals surface area contributed by atoms with Crippen molar-refractivity contribution in [3.63, 3.8) is 0 Å². The summed E-state index contributed by atoms with van der Waals surface area (Å²) in [7, 11) is 0. The summed E-state index contributed by atoms with van der Waals surface area (Å²) in [6.45, 7) is 2.69. The Hall–Kier alpha value is -2.03. The number of hydrogen-bond acceptors (Lipinski definition) is 7. The van der Waals surface area contributed by atoms with Crippen LogP contribution in [0.3, 0.4) is 0 Å². The number of rotatable bonds is 9. The lowest BCUT2D eigenvalue weighted by Crippen LogP contribution is -2.27. The number of carbonyl (C=O) groups excluding carboxylic acids is 1. The highest BCUT2D eigenvalue weighted by molar-refractivity contribution is 8.01. The van der Waals surface area contributed by atoms with Crippen molar-refractivity contribution in [1.82, 2.24) is 15.5 Å². The van der Waals surface area contributed by atoms with Gasteiger partial charge >= 0.3 is 0 Å². The second-order valence-corrected chi connectivity index (χ2v) is 9.04. The topological polar surface area (TPSA) is 66.9 Å². The lowest BCUT2D eigenvalue weighted by Gasteiger charge is -2.04. The molecule has 0 fully saturated rings. The van der Waals surface area contributed by atoms with Crippen LogP contribution < -0.4 is 10.6 Å². The van der Waals surface area contributed by atoms with E-state index in [-0.39, 0.29) is 5.91 Å². The Bertz CT molecular complexity index is 870. The molecule has 3 rings (SSSR count). The van der Waals surface area contributed by atoms with E-state index < -0.39 is 0 Å². The third kappa shape index (κ3) is 6.89. The molecule has 5 nitrogen and oxygen atoms in total. The van der Waals surface area contributed by atoms with Gasteiger partial charge < -0.3 is 10.6 Å². The number of nitrogens with zero attached hydrogens (tertiary/aromatic N) is 2. The van der Waals surface area contributed by atoms with Gasteiger partial charge in [-0.15, -0.1) is 22.0 Å². The van der Waals surface area contributed by atoms with Crippen molar-refractivity contribution in [1.29, 1.82) is 0 Å². The van der Waals surface area contributed by atoms with Gasteiger partial charge in [0.2, 0.25) is 11.0 Å². The van der Waals surface area contributed by atoms with Crippen molar-refractivity contribution in [3.05, 3.63) is 60.2 Å². The van der Waals surface area contributed by atoms with Crippen LogP contribution >= 0.6 is 34.9 Å². The molecule has 0 aliphatic carbocycles. The highest BCUT2D eigenvalue weighted by atomic mass is 32.2. The Morgan fingerprint density at radius 1 is 1.07 bits per heavy atom. The summed E-state index contributed by atoms with van der Waals surface area (Å²) in [4.78, 5) is 13.2. The number of aryl methyl sites for hydroxylation is 1. The van der Waals surface area contributed by atoms with Crippen LogP contribution in [-0.4, -0.2) is 34.2 Å². The molecule has 3 aromatic rings. The third-order valence-corrected chi connectivity index (χ3v) is 6.42. The lowest BCUT2D eigenvalue weighted by atomic mass is 10.2. The molecule has 0 spiro atoms. The first-order valence-electron chi connectivity index (χ1n) is 8.43. The average Bonchev–Trinajstić information content (AvgIpc) is 3.12. The minimum absolute atomic E-state index is 0.0112. The number of benzene rings is 2. The molecule has 0 bridgehead atoms. The fourth-order valence-corrected chi connectivity index (χ4v) is 4.61. The first-order valence-corrected chi connectivity index (χ1v) is 11.2. The molecule has 0 atom stereocenters. The van der Waals surface area contributed by atoms with Gasteiger partial charge in [-0.3, -0.25) is 4.79 Å². The predicted octanol–water partition coefficient (Wildman–Crippen LogP) is 4.59. The predicted molar refractivity (Wildman–Crippen MR) is 115 cm³/mol. The lowest BCUT2D eigenvalue weighted by molar-refractivity contribution is -0.118. The summed E-state index contributed by atoms with van der Waals surface area (Å²) in [5, 5.41) is 15.2. The van der Waals surface area contributed by atoms with Gasteiger partial charge in [0.15, 0.2) is 4.34 Å². The number of amides is 1. The summed E-state index contributed by atoms with van der Waals surface area (Å²) in [5.74, 6) is 1.20. The maximum Gasteiger partial charge on any atom is 0.230 e. The molecule has 0 radical (unpaired) electrons. The van der Waals surface area contributed by atoms with Gasteiger partial charge in [0.25, 0.3) is 0 Å². The van der Waals surface area contributed by atoms with Crippen LogP contribution in [0.4, 0.5) is 10.8 Å². The van der Waals surface area contributed by atoms with Gasteiger partial charge in [-0.05, 0) is 36.8 Å². The summed E-state index contributed by atoms with van der Waals surface area (Å²) >= 11 is 4.58. The Morgan fingerprint density at radius 2 is 1.93 bits per heavy atom. The van der Waals surface area contributed by atoms with E-state index in [2.05, 4.69) is 39.0 Å². The number of nitrogens with one attached hydrogen (secondary N) is 2. The SMILES string of the molecule is Cc1cccc(Nc2nnc(SCC(=O)NCCSc3ccccc3)s2)c1. The van der Waals surface area contributed by atoms with Crippen molar-refractivity contribution >= 4 is 51.6 Å². The fourth-order valence-electron chi connectivity index (χ4n) is 2.22. The number of aromatic nitrogens is 2. The summed E-state index contributed by atoms with van der Waals surface area (Å²) in [6.07, 6.45) is 0. The molecule has 0 unspecified atom stereocenters. The largest absolute Gasteiger partial charge is 0.355 e. The third-order valence-electron chi connectivity index (χ3n) is 3.44. The first-order chi connectivity index (χ1) is 13.2. The van der Waals surface area contributed by atoms with E-state index in [1.807, 2.05) is 43.3 Å². The molecule has 2 N–H and O–H groups in total. The Kier molecular flexibility index (Phi) is 7.55. The monoisotopic (exact) mass is 416 g/mol.